The maximum absolute atomic E-state index is 12.4. The topological polar surface area (TPSA) is 73.0 Å². The first-order chi connectivity index (χ1) is 13.1. The number of nitrogens with one attached hydrogen (secondary N) is 1. The Balaban J connectivity index is 1.43. The zero-order valence-corrected chi connectivity index (χ0v) is 17.2. The fourth-order valence-electron chi connectivity index (χ4n) is 2.80. The Labute approximate surface area is 169 Å². The van der Waals surface area contributed by atoms with Crippen molar-refractivity contribution in [1.82, 2.24) is 14.8 Å². The third kappa shape index (κ3) is 4.44. The predicted octanol–water partition coefficient (Wildman–Crippen LogP) is 4.60. The molecule has 6 nitrogen and oxygen atoms in total. The zero-order valence-electron chi connectivity index (χ0n) is 14.8. The molecule has 0 atom stereocenters. The summed E-state index contributed by atoms with van der Waals surface area (Å²) in [6.45, 7) is 2.59. The van der Waals surface area contributed by atoms with Gasteiger partial charge in [-0.3, -0.25) is 9.36 Å². The SMILES string of the molecule is Cc1ccc(NC(=O)CSc2nnc(C3CC3)n2Cc2ccco2)c(Br)c1. The molecule has 1 N–H and O–H groups in total. The second-order valence-corrected chi connectivity index (χ2v) is 8.40. The molecule has 0 unspecified atom stereocenters. The van der Waals surface area contributed by atoms with Crippen LogP contribution in [-0.4, -0.2) is 26.4 Å². The van der Waals surface area contributed by atoms with Gasteiger partial charge in [-0.15, -0.1) is 10.2 Å². The van der Waals surface area contributed by atoms with Gasteiger partial charge in [0.1, 0.15) is 11.6 Å². The van der Waals surface area contributed by atoms with E-state index in [0.29, 0.717) is 12.5 Å². The number of aromatic nitrogens is 3. The highest BCUT2D eigenvalue weighted by Crippen LogP contribution is 2.40. The Morgan fingerprint density at radius 3 is 2.93 bits per heavy atom. The summed E-state index contributed by atoms with van der Waals surface area (Å²) < 4.78 is 8.41. The molecule has 1 aliphatic carbocycles. The molecule has 8 heteroatoms. The minimum atomic E-state index is -0.0786. The van der Waals surface area contributed by atoms with Crippen molar-refractivity contribution in [1.29, 1.82) is 0 Å². The van der Waals surface area contributed by atoms with Crippen LogP contribution in [0.4, 0.5) is 5.69 Å². The van der Waals surface area contributed by atoms with Gasteiger partial charge in [0.2, 0.25) is 5.91 Å². The number of furan rings is 1. The van der Waals surface area contributed by atoms with Crippen molar-refractivity contribution in [2.24, 2.45) is 0 Å². The van der Waals surface area contributed by atoms with Gasteiger partial charge in [-0.2, -0.15) is 0 Å². The standard InChI is InChI=1S/C19H19BrN4O2S/c1-12-4-7-16(15(20)9-12)21-17(25)11-27-19-23-22-18(13-5-6-13)24(19)10-14-3-2-8-26-14/h2-4,7-9,13H,5-6,10-11H2,1H3,(H,21,25). The van der Waals surface area contributed by atoms with Crippen molar-refractivity contribution >= 4 is 39.3 Å². The van der Waals surface area contributed by atoms with Gasteiger partial charge in [0.05, 0.1) is 24.2 Å². The van der Waals surface area contributed by atoms with Crippen molar-refractivity contribution in [2.75, 3.05) is 11.1 Å². The lowest BCUT2D eigenvalue weighted by molar-refractivity contribution is -0.113. The number of aryl methyl sites for hydroxylation is 1. The molecule has 1 aromatic carbocycles. The molecule has 140 valence electrons. The van der Waals surface area contributed by atoms with Crippen LogP contribution in [0, 0.1) is 6.92 Å². The van der Waals surface area contributed by atoms with E-state index in [4.69, 9.17) is 4.42 Å². The molecule has 4 rings (SSSR count). The van der Waals surface area contributed by atoms with Gasteiger partial charge in [0.25, 0.3) is 0 Å². The van der Waals surface area contributed by atoms with Gasteiger partial charge in [0, 0.05) is 10.4 Å². The van der Waals surface area contributed by atoms with Crippen LogP contribution in [0.5, 0.6) is 0 Å². The van der Waals surface area contributed by atoms with Crippen LogP contribution in [0.1, 0.15) is 35.9 Å². The van der Waals surface area contributed by atoms with Crippen molar-refractivity contribution in [3.8, 4) is 0 Å². The van der Waals surface area contributed by atoms with Gasteiger partial charge in [-0.25, -0.2) is 0 Å². The number of benzene rings is 1. The molecule has 0 spiro atoms. The number of rotatable bonds is 7. The average Bonchev–Trinajstić information content (AvgIpc) is 3.20. The molecule has 0 bridgehead atoms. The summed E-state index contributed by atoms with van der Waals surface area (Å²) in [5.41, 5.74) is 1.90. The maximum atomic E-state index is 12.4. The number of carbonyl (C=O) groups excluding carboxylic acids is 1. The van der Waals surface area contributed by atoms with E-state index >= 15 is 0 Å². The van der Waals surface area contributed by atoms with E-state index in [9.17, 15) is 4.79 Å². The average molecular weight is 447 g/mol. The summed E-state index contributed by atoms with van der Waals surface area (Å²) in [4.78, 5) is 12.4. The first-order valence-corrected chi connectivity index (χ1v) is 10.5. The number of anilines is 1. The summed E-state index contributed by atoms with van der Waals surface area (Å²) in [5.74, 6) is 2.49. The molecule has 0 saturated heterocycles. The maximum Gasteiger partial charge on any atom is 0.234 e. The molecule has 2 heterocycles. The molecule has 1 amide bonds. The summed E-state index contributed by atoms with van der Waals surface area (Å²) in [6, 6.07) is 9.65. The predicted molar refractivity (Wildman–Crippen MR) is 108 cm³/mol. The van der Waals surface area contributed by atoms with E-state index in [0.717, 1.165) is 45.3 Å². The second-order valence-electron chi connectivity index (χ2n) is 6.60. The van der Waals surface area contributed by atoms with E-state index < -0.39 is 0 Å². The Bertz CT molecular complexity index is 951. The molecule has 0 radical (unpaired) electrons. The summed E-state index contributed by atoms with van der Waals surface area (Å²) in [5, 5.41) is 12.3. The van der Waals surface area contributed by atoms with Crippen LogP contribution in [0.2, 0.25) is 0 Å². The number of carbonyl (C=O) groups is 1. The Kier molecular flexibility index (Phi) is 5.36. The third-order valence-corrected chi connectivity index (χ3v) is 5.94. The van der Waals surface area contributed by atoms with E-state index in [1.807, 2.05) is 37.3 Å². The van der Waals surface area contributed by atoms with Crippen LogP contribution < -0.4 is 5.32 Å². The monoisotopic (exact) mass is 446 g/mol. The quantitative estimate of drug-likeness (QED) is 0.536. The van der Waals surface area contributed by atoms with Crippen molar-refractivity contribution in [3.05, 3.63) is 58.2 Å². The van der Waals surface area contributed by atoms with Crippen LogP contribution in [0.25, 0.3) is 0 Å². The van der Waals surface area contributed by atoms with Gasteiger partial charge >= 0.3 is 0 Å². The molecule has 2 aromatic heterocycles. The largest absolute Gasteiger partial charge is 0.467 e. The number of hydrogen-bond donors (Lipinski definition) is 1. The van der Waals surface area contributed by atoms with Gasteiger partial charge in [-0.05, 0) is 65.5 Å². The normalized spacial score (nSPS) is 13.7. The van der Waals surface area contributed by atoms with Gasteiger partial charge in [-0.1, -0.05) is 17.8 Å². The van der Waals surface area contributed by atoms with E-state index in [1.54, 1.807) is 6.26 Å². The Morgan fingerprint density at radius 1 is 1.37 bits per heavy atom. The number of amides is 1. The third-order valence-electron chi connectivity index (χ3n) is 4.31. The molecule has 1 aliphatic rings. The number of halogens is 1. The first kappa shape index (κ1) is 18.3. The first-order valence-electron chi connectivity index (χ1n) is 8.74. The summed E-state index contributed by atoms with van der Waals surface area (Å²) >= 11 is 4.88. The smallest absolute Gasteiger partial charge is 0.234 e. The summed E-state index contributed by atoms with van der Waals surface area (Å²) in [6.07, 6.45) is 3.95. The van der Waals surface area contributed by atoms with Crippen molar-refractivity contribution in [2.45, 2.75) is 37.4 Å². The molecular formula is C19H19BrN4O2S. The molecule has 3 aromatic rings. The van der Waals surface area contributed by atoms with Crippen LogP contribution in [0.3, 0.4) is 0 Å². The lowest BCUT2D eigenvalue weighted by Gasteiger charge is -2.09. The van der Waals surface area contributed by atoms with Crippen molar-refractivity contribution < 1.29 is 9.21 Å². The minimum Gasteiger partial charge on any atom is -0.467 e. The zero-order chi connectivity index (χ0) is 18.8. The molecule has 1 saturated carbocycles. The molecule has 1 fully saturated rings. The highest BCUT2D eigenvalue weighted by atomic mass is 79.9. The van der Waals surface area contributed by atoms with E-state index in [1.165, 1.54) is 11.8 Å². The van der Waals surface area contributed by atoms with Gasteiger partial charge in [0.15, 0.2) is 5.16 Å². The van der Waals surface area contributed by atoms with Crippen LogP contribution in [-0.2, 0) is 11.3 Å². The van der Waals surface area contributed by atoms with Crippen molar-refractivity contribution in [3.63, 3.8) is 0 Å². The van der Waals surface area contributed by atoms with Gasteiger partial charge < -0.3 is 9.73 Å². The van der Waals surface area contributed by atoms with E-state index in [2.05, 4.69) is 36.0 Å². The highest BCUT2D eigenvalue weighted by Gasteiger charge is 2.30. The Morgan fingerprint density at radius 2 is 2.22 bits per heavy atom. The fraction of sp³-hybridized carbons (Fsp3) is 0.316. The lowest BCUT2D eigenvalue weighted by Crippen LogP contribution is -2.15. The molecule has 27 heavy (non-hydrogen) atoms. The fourth-order valence-corrected chi connectivity index (χ4v) is 4.13. The summed E-state index contributed by atoms with van der Waals surface area (Å²) in [7, 11) is 0. The van der Waals surface area contributed by atoms with Crippen LogP contribution in [0.15, 0.2) is 50.6 Å². The Hall–Kier alpha value is -2.06. The lowest BCUT2D eigenvalue weighted by atomic mass is 10.2. The van der Waals surface area contributed by atoms with Crippen LogP contribution >= 0.6 is 27.7 Å². The number of hydrogen-bond acceptors (Lipinski definition) is 5. The molecular weight excluding hydrogens is 428 g/mol. The number of nitrogens with zero attached hydrogens (tertiary/aromatic N) is 3. The number of thioether (sulfide) groups is 1. The highest BCUT2D eigenvalue weighted by molar-refractivity contribution is 9.10. The minimum absolute atomic E-state index is 0.0786. The second kappa shape index (κ2) is 7.90. The van der Waals surface area contributed by atoms with E-state index in [-0.39, 0.29) is 11.7 Å². The molecule has 0 aliphatic heterocycles.